The lowest BCUT2D eigenvalue weighted by Gasteiger charge is -2.16. The fourth-order valence-corrected chi connectivity index (χ4v) is 2.10. The van der Waals surface area contributed by atoms with E-state index < -0.39 is 5.92 Å². The van der Waals surface area contributed by atoms with Crippen LogP contribution >= 0.6 is 0 Å². The van der Waals surface area contributed by atoms with E-state index in [9.17, 15) is 8.78 Å². The zero-order chi connectivity index (χ0) is 11.1. The second-order valence-corrected chi connectivity index (χ2v) is 4.12. The lowest BCUT2D eigenvalue weighted by molar-refractivity contribution is 0.0165. The maximum atomic E-state index is 13.4. The number of rotatable bonds is 2. The first-order valence-corrected chi connectivity index (χ1v) is 5.26. The maximum Gasteiger partial charge on any atom is 0.270 e. The van der Waals surface area contributed by atoms with E-state index in [1.807, 2.05) is 13.0 Å². The van der Waals surface area contributed by atoms with E-state index >= 15 is 0 Å². The molecule has 0 spiro atoms. The van der Waals surface area contributed by atoms with Gasteiger partial charge in [0.2, 0.25) is 0 Å². The Morgan fingerprint density at radius 2 is 1.87 bits per heavy atom. The van der Waals surface area contributed by atoms with Crippen molar-refractivity contribution in [3.63, 3.8) is 0 Å². The number of benzene rings is 1. The van der Waals surface area contributed by atoms with Gasteiger partial charge in [-0.05, 0) is 29.2 Å². The van der Waals surface area contributed by atoms with E-state index in [1.165, 1.54) is 5.56 Å². The zero-order valence-corrected chi connectivity index (χ0v) is 9.03. The summed E-state index contributed by atoms with van der Waals surface area (Å²) in [7, 11) is 0. The lowest BCUT2D eigenvalue weighted by Crippen LogP contribution is -2.11. The normalized spacial score (nSPS) is 15.5. The summed E-state index contributed by atoms with van der Waals surface area (Å²) in [5, 5.41) is 3.17. The molecule has 1 aromatic rings. The minimum atomic E-state index is -2.73. The largest absolute Gasteiger partial charge is 0.309 e. The standard InChI is InChI=1S/C12H15F2N/c1-3-8-4-9-6-15-7-10(9)5-11(8)12(2,13)14/h4-5,15H,3,6-7H2,1-2H3. The number of nitrogens with one attached hydrogen (secondary N) is 1. The molecule has 1 nitrogen and oxygen atoms in total. The summed E-state index contributed by atoms with van der Waals surface area (Å²) in [5.74, 6) is -2.73. The van der Waals surface area contributed by atoms with Crippen LogP contribution in [0, 0.1) is 0 Å². The van der Waals surface area contributed by atoms with E-state index in [0.717, 1.165) is 24.6 Å². The van der Waals surface area contributed by atoms with Crippen LogP contribution < -0.4 is 5.32 Å². The summed E-state index contributed by atoms with van der Waals surface area (Å²) < 4.78 is 26.7. The van der Waals surface area contributed by atoms with E-state index in [0.29, 0.717) is 13.0 Å². The van der Waals surface area contributed by atoms with Gasteiger partial charge in [0.1, 0.15) is 0 Å². The Labute approximate surface area is 88.5 Å². The first-order valence-electron chi connectivity index (χ1n) is 5.26. The molecule has 1 N–H and O–H groups in total. The minimum absolute atomic E-state index is 0.187. The lowest BCUT2D eigenvalue weighted by atomic mass is 9.95. The SMILES string of the molecule is CCc1cc2c(cc1C(C)(F)F)CNC2. The molecule has 0 aromatic heterocycles. The molecule has 0 unspecified atom stereocenters. The second-order valence-electron chi connectivity index (χ2n) is 4.12. The Morgan fingerprint density at radius 3 is 2.40 bits per heavy atom. The minimum Gasteiger partial charge on any atom is -0.309 e. The average Bonchev–Trinajstić information content (AvgIpc) is 2.60. The topological polar surface area (TPSA) is 12.0 Å². The molecule has 0 radical (unpaired) electrons. The summed E-state index contributed by atoms with van der Waals surface area (Å²) in [6.07, 6.45) is 0.659. The summed E-state index contributed by atoms with van der Waals surface area (Å²) in [5.41, 5.74) is 3.14. The summed E-state index contributed by atoms with van der Waals surface area (Å²) in [6, 6.07) is 3.58. The predicted octanol–water partition coefficient (Wildman–Crippen LogP) is 2.96. The number of aryl methyl sites for hydroxylation is 1. The van der Waals surface area contributed by atoms with Crippen molar-refractivity contribution >= 4 is 0 Å². The van der Waals surface area contributed by atoms with Crippen molar-refractivity contribution in [1.29, 1.82) is 0 Å². The highest BCUT2D eigenvalue weighted by Gasteiger charge is 2.28. The fraction of sp³-hybridized carbons (Fsp3) is 0.500. The first-order chi connectivity index (χ1) is 7.02. The van der Waals surface area contributed by atoms with Crippen molar-refractivity contribution in [1.82, 2.24) is 5.32 Å². The predicted molar refractivity (Wildman–Crippen MR) is 55.9 cm³/mol. The molecule has 0 fully saturated rings. The molecular formula is C12H15F2N. The van der Waals surface area contributed by atoms with Crippen molar-refractivity contribution < 1.29 is 8.78 Å². The van der Waals surface area contributed by atoms with Crippen molar-refractivity contribution in [2.24, 2.45) is 0 Å². The van der Waals surface area contributed by atoms with Crippen molar-refractivity contribution in [3.05, 3.63) is 34.4 Å². The molecule has 0 saturated heterocycles. The smallest absolute Gasteiger partial charge is 0.270 e. The molecular weight excluding hydrogens is 196 g/mol. The van der Waals surface area contributed by atoms with E-state index in [2.05, 4.69) is 5.32 Å². The van der Waals surface area contributed by atoms with Gasteiger partial charge in [0.05, 0.1) is 0 Å². The Hall–Kier alpha value is -0.960. The van der Waals surface area contributed by atoms with Gasteiger partial charge in [-0.15, -0.1) is 0 Å². The van der Waals surface area contributed by atoms with Gasteiger partial charge in [-0.2, -0.15) is 0 Å². The zero-order valence-electron chi connectivity index (χ0n) is 9.03. The molecule has 0 aliphatic carbocycles. The van der Waals surface area contributed by atoms with Gasteiger partial charge in [0.15, 0.2) is 0 Å². The number of alkyl halides is 2. The van der Waals surface area contributed by atoms with E-state index in [4.69, 9.17) is 0 Å². The molecule has 2 rings (SSSR count). The van der Waals surface area contributed by atoms with E-state index in [-0.39, 0.29) is 5.56 Å². The van der Waals surface area contributed by atoms with Crippen LogP contribution in [0.3, 0.4) is 0 Å². The third-order valence-electron chi connectivity index (χ3n) is 2.91. The first kappa shape index (κ1) is 10.6. The highest BCUT2D eigenvalue weighted by Crippen LogP contribution is 2.33. The van der Waals surface area contributed by atoms with Crippen LogP contribution in [0.25, 0.3) is 0 Å². The number of hydrogen-bond acceptors (Lipinski definition) is 1. The highest BCUT2D eigenvalue weighted by atomic mass is 19.3. The molecule has 0 saturated carbocycles. The maximum absolute atomic E-state index is 13.4. The second kappa shape index (κ2) is 3.56. The monoisotopic (exact) mass is 211 g/mol. The van der Waals surface area contributed by atoms with Gasteiger partial charge >= 0.3 is 0 Å². The third-order valence-corrected chi connectivity index (χ3v) is 2.91. The van der Waals surface area contributed by atoms with E-state index in [1.54, 1.807) is 6.07 Å². The van der Waals surface area contributed by atoms with Crippen molar-refractivity contribution in [2.75, 3.05) is 0 Å². The summed E-state index contributed by atoms with van der Waals surface area (Å²) in [4.78, 5) is 0. The van der Waals surface area contributed by atoms with Crippen LogP contribution in [0.5, 0.6) is 0 Å². The summed E-state index contributed by atoms with van der Waals surface area (Å²) in [6.45, 7) is 4.40. The van der Waals surface area contributed by atoms with Gasteiger partial charge < -0.3 is 5.32 Å². The van der Waals surface area contributed by atoms with Gasteiger partial charge in [0.25, 0.3) is 5.92 Å². The van der Waals surface area contributed by atoms with Gasteiger partial charge in [-0.1, -0.05) is 13.0 Å². The third kappa shape index (κ3) is 1.88. The van der Waals surface area contributed by atoms with Gasteiger partial charge in [-0.3, -0.25) is 0 Å². The molecule has 1 heterocycles. The fourth-order valence-electron chi connectivity index (χ4n) is 2.10. The molecule has 0 bridgehead atoms. The van der Waals surface area contributed by atoms with Crippen LogP contribution in [-0.2, 0) is 25.4 Å². The molecule has 82 valence electrons. The quantitative estimate of drug-likeness (QED) is 0.793. The Balaban J connectivity index is 2.54. The highest BCUT2D eigenvalue weighted by molar-refractivity contribution is 5.42. The Bertz CT molecular complexity index is 380. The molecule has 1 aromatic carbocycles. The number of halogens is 2. The van der Waals surface area contributed by atoms with Crippen molar-refractivity contribution in [3.8, 4) is 0 Å². The van der Waals surface area contributed by atoms with Crippen LogP contribution in [-0.4, -0.2) is 0 Å². The Kier molecular flexibility index (Phi) is 2.51. The van der Waals surface area contributed by atoms with Crippen LogP contribution in [0.1, 0.15) is 36.1 Å². The molecule has 0 atom stereocenters. The van der Waals surface area contributed by atoms with Crippen LogP contribution in [0.4, 0.5) is 8.78 Å². The molecule has 15 heavy (non-hydrogen) atoms. The van der Waals surface area contributed by atoms with Crippen LogP contribution in [0.2, 0.25) is 0 Å². The molecule has 0 amide bonds. The number of fused-ring (bicyclic) bond motifs is 1. The molecule has 1 aliphatic rings. The molecule has 1 aliphatic heterocycles. The molecule has 3 heteroatoms. The van der Waals surface area contributed by atoms with Gasteiger partial charge in [-0.25, -0.2) is 8.78 Å². The summed E-state index contributed by atoms with van der Waals surface area (Å²) >= 11 is 0. The average molecular weight is 211 g/mol. The van der Waals surface area contributed by atoms with Gasteiger partial charge in [0, 0.05) is 25.6 Å². The Morgan fingerprint density at radius 1 is 1.27 bits per heavy atom. The van der Waals surface area contributed by atoms with Crippen molar-refractivity contribution in [2.45, 2.75) is 39.3 Å². The van der Waals surface area contributed by atoms with Crippen LogP contribution in [0.15, 0.2) is 12.1 Å². The number of hydrogen-bond donors (Lipinski definition) is 1.